The Morgan fingerprint density at radius 1 is 1.71 bits per heavy atom. The molecule has 1 amide bonds. The maximum Gasteiger partial charge on any atom is 0.254 e. The Balaban J connectivity index is 2.38. The average Bonchev–Trinajstić information content (AvgIpc) is 2.29. The molecule has 94 valence electrons. The van der Waals surface area contributed by atoms with Crippen molar-refractivity contribution in [2.45, 2.75) is 12.5 Å². The van der Waals surface area contributed by atoms with Crippen LogP contribution >= 0.6 is 0 Å². The van der Waals surface area contributed by atoms with Gasteiger partial charge in [-0.05, 0) is 12.5 Å². The van der Waals surface area contributed by atoms with Gasteiger partial charge in [0.05, 0.1) is 18.4 Å². The number of amides is 1. The molecule has 0 bridgehead atoms. The molecule has 3 N–H and O–H groups in total. The summed E-state index contributed by atoms with van der Waals surface area (Å²) in [6.07, 6.45) is 2.95. The molecule has 0 saturated heterocycles. The number of ether oxygens (including phenoxy) is 1. The number of nitrogens with one attached hydrogen (secondary N) is 1. The van der Waals surface area contributed by atoms with Crippen molar-refractivity contribution in [2.24, 2.45) is 5.73 Å². The van der Waals surface area contributed by atoms with Crippen LogP contribution in [0, 0.1) is 5.82 Å². The standard InChI is InChI=1S/C11H16FN3O2/c1-17-7-8(13)2-5-15-11(16)9-3-4-14-6-10(9)12/h3-4,6,8H,2,5,7,13H2,1H3,(H,15,16). The Morgan fingerprint density at radius 3 is 3.12 bits per heavy atom. The molecule has 0 aliphatic heterocycles. The molecule has 0 aliphatic rings. The molecule has 0 aromatic carbocycles. The predicted molar refractivity (Wildman–Crippen MR) is 61.0 cm³/mol. The number of hydrogen-bond acceptors (Lipinski definition) is 4. The van der Waals surface area contributed by atoms with Gasteiger partial charge in [0.15, 0.2) is 5.82 Å². The highest BCUT2D eigenvalue weighted by Crippen LogP contribution is 2.03. The third-order valence-electron chi connectivity index (χ3n) is 2.20. The molecule has 0 saturated carbocycles. The molecule has 1 rings (SSSR count). The SMILES string of the molecule is COCC(N)CCNC(=O)c1ccncc1F. The molecule has 5 nitrogen and oxygen atoms in total. The number of nitrogens with zero attached hydrogens (tertiary/aromatic N) is 1. The number of carbonyl (C=O) groups is 1. The number of nitrogens with two attached hydrogens (primary N) is 1. The monoisotopic (exact) mass is 241 g/mol. The summed E-state index contributed by atoms with van der Waals surface area (Å²) < 4.78 is 18.0. The van der Waals surface area contributed by atoms with E-state index in [0.29, 0.717) is 19.6 Å². The summed E-state index contributed by atoms with van der Waals surface area (Å²) in [5, 5.41) is 2.59. The molecule has 1 aromatic heterocycles. The van der Waals surface area contributed by atoms with Crippen LogP contribution in [0.15, 0.2) is 18.5 Å². The van der Waals surface area contributed by atoms with Crippen molar-refractivity contribution in [1.29, 1.82) is 0 Å². The van der Waals surface area contributed by atoms with Gasteiger partial charge in [-0.2, -0.15) is 0 Å². The summed E-state index contributed by atoms with van der Waals surface area (Å²) in [5.41, 5.74) is 5.67. The van der Waals surface area contributed by atoms with E-state index in [9.17, 15) is 9.18 Å². The molecular formula is C11H16FN3O2. The lowest BCUT2D eigenvalue weighted by Crippen LogP contribution is -2.33. The highest BCUT2D eigenvalue weighted by atomic mass is 19.1. The van der Waals surface area contributed by atoms with E-state index >= 15 is 0 Å². The minimum absolute atomic E-state index is 0.0136. The Kier molecular flexibility index (Phi) is 5.51. The molecule has 1 atom stereocenters. The first-order valence-electron chi connectivity index (χ1n) is 5.27. The topological polar surface area (TPSA) is 77.2 Å². The molecule has 6 heteroatoms. The Hall–Kier alpha value is -1.53. The van der Waals surface area contributed by atoms with Crippen LogP contribution in [-0.2, 0) is 4.74 Å². The lowest BCUT2D eigenvalue weighted by atomic mass is 10.2. The van der Waals surface area contributed by atoms with Gasteiger partial charge in [-0.1, -0.05) is 0 Å². The van der Waals surface area contributed by atoms with E-state index in [1.165, 1.54) is 12.3 Å². The Bertz CT molecular complexity index is 373. The second-order valence-electron chi connectivity index (χ2n) is 3.62. The largest absolute Gasteiger partial charge is 0.383 e. The zero-order valence-corrected chi connectivity index (χ0v) is 9.65. The number of aromatic nitrogens is 1. The van der Waals surface area contributed by atoms with Crippen LogP contribution in [0.25, 0.3) is 0 Å². The van der Waals surface area contributed by atoms with Crippen molar-refractivity contribution in [3.8, 4) is 0 Å². The van der Waals surface area contributed by atoms with Crippen LogP contribution in [0.2, 0.25) is 0 Å². The number of pyridine rings is 1. The highest BCUT2D eigenvalue weighted by Gasteiger charge is 2.11. The van der Waals surface area contributed by atoms with Crippen molar-refractivity contribution in [2.75, 3.05) is 20.3 Å². The van der Waals surface area contributed by atoms with Crippen LogP contribution in [0.5, 0.6) is 0 Å². The zero-order chi connectivity index (χ0) is 12.7. The van der Waals surface area contributed by atoms with E-state index in [1.807, 2.05) is 0 Å². The maximum atomic E-state index is 13.2. The second-order valence-corrected chi connectivity index (χ2v) is 3.62. The minimum Gasteiger partial charge on any atom is -0.383 e. The number of carbonyl (C=O) groups excluding carboxylic acids is 1. The fourth-order valence-electron chi connectivity index (χ4n) is 1.32. The molecule has 17 heavy (non-hydrogen) atoms. The predicted octanol–water partition coefficient (Wildman–Crippen LogP) is 0.314. The zero-order valence-electron chi connectivity index (χ0n) is 9.65. The third-order valence-corrected chi connectivity index (χ3v) is 2.20. The number of methoxy groups -OCH3 is 1. The van der Waals surface area contributed by atoms with Crippen LogP contribution < -0.4 is 11.1 Å². The molecule has 0 spiro atoms. The second kappa shape index (κ2) is 6.93. The van der Waals surface area contributed by atoms with E-state index in [4.69, 9.17) is 10.5 Å². The van der Waals surface area contributed by atoms with Crippen LogP contribution in [0.1, 0.15) is 16.8 Å². The van der Waals surface area contributed by atoms with Crippen molar-refractivity contribution in [3.63, 3.8) is 0 Å². The molecule has 0 radical (unpaired) electrons. The molecular weight excluding hydrogens is 225 g/mol. The molecule has 1 aromatic rings. The number of hydrogen-bond donors (Lipinski definition) is 2. The van der Waals surface area contributed by atoms with Gasteiger partial charge in [0.2, 0.25) is 0 Å². The van der Waals surface area contributed by atoms with Crippen molar-refractivity contribution >= 4 is 5.91 Å². The highest BCUT2D eigenvalue weighted by molar-refractivity contribution is 5.94. The number of halogens is 1. The van der Waals surface area contributed by atoms with E-state index in [2.05, 4.69) is 10.3 Å². The summed E-state index contributed by atoms with van der Waals surface area (Å²) in [6.45, 7) is 0.810. The fourth-order valence-corrected chi connectivity index (χ4v) is 1.32. The van der Waals surface area contributed by atoms with Gasteiger partial charge in [-0.3, -0.25) is 9.78 Å². The van der Waals surface area contributed by atoms with Gasteiger partial charge >= 0.3 is 0 Å². The molecule has 1 unspecified atom stereocenters. The summed E-state index contributed by atoms with van der Waals surface area (Å²) in [7, 11) is 1.56. The first-order chi connectivity index (χ1) is 8.15. The van der Waals surface area contributed by atoms with Gasteiger partial charge < -0.3 is 15.8 Å². The van der Waals surface area contributed by atoms with E-state index in [-0.39, 0.29) is 11.6 Å². The summed E-state index contributed by atoms with van der Waals surface area (Å²) in [5.74, 6) is -1.10. The third kappa shape index (κ3) is 4.46. The van der Waals surface area contributed by atoms with E-state index in [1.54, 1.807) is 7.11 Å². The normalized spacial score (nSPS) is 12.2. The van der Waals surface area contributed by atoms with Crippen LogP contribution in [-0.4, -0.2) is 37.2 Å². The van der Waals surface area contributed by atoms with Crippen molar-refractivity contribution in [3.05, 3.63) is 29.8 Å². The van der Waals surface area contributed by atoms with Crippen molar-refractivity contribution < 1.29 is 13.9 Å². The smallest absolute Gasteiger partial charge is 0.254 e. The van der Waals surface area contributed by atoms with Gasteiger partial charge in [-0.15, -0.1) is 0 Å². The average molecular weight is 241 g/mol. The first kappa shape index (κ1) is 13.5. The summed E-state index contributed by atoms with van der Waals surface area (Å²) in [6, 6.07) is 1.20. The van der Waals surface area contributed by atoms with E-state index in [0.717, 1.165) is 6.20 Å². The molecule has 0 fully saturated rings. The summed E-state index contributed by atoms with van der Waals surface area (Å²) in [4.78, 5) is 15.1. The van der Waals surface area contributed by atoms with Gasteiger partial charge in [0.1, 0.15) is 0 Å². The quantitative estimate of drug-likeness (QED) is 0.751. The maximum absolute atomic E-state index is 13.2. The van der Waals surface area contributed by atoms with Gasteiger partial charge in [-0.25, -0.2) is 4.39 Å². The Labute approximate surface area is 99.2 Å². The fraction of sp³-hybridized carbons (Fsp3) is 0.455. The molecule has 1 heterocycles. The van der Waals surface area contributed by atoms with Crippen LogP contribution in [0.3, 0.4) is 0 Å². The van der Waals surface area contributed by atoms with Crippen molar-refractivity contribution in [1.82, 2.24) is 10.3 Å². The number of rotatable bonds is 6. The summed E-state index contributed by atoms with van der Waals surface area (Å²) >= 11 is 0. The van der Waals surface area contributed by atoms with Crippen LogP contribution in [0.4, 0.5) is 4.39 Å². The first-order valence-corrected chi connectivity index (χ1v) is 5.27. The molecule has 0 aliphatic carbocycles. The Morgan fingerprint density at radius 2 is 2.47 bits per heavy atom. The van der Waals surface area contributed by atoms with E-state index < -0.39 is 11.7 Å². The lowest BCUT2D eigenvalue weighted by Gasteiger charge is -2.11. The lowest BCUT2D eigenvalue weighted by molar-refractivity contribution is 0.0946. The minimum atomic E-state index is -0.633. The van der Waals surface area contributed by atoms with Gasteiger partial charge in [0.25, 0.3) is 5.91 Å². The van der Waals surface area contributed by atoms with Gasteiger partial charge in [0, 0.05) is 25.9 Å².